The number of hydrogen-bond donors (Lipinski definition) is 0. The summed E-state index contributed by atoms with van der Waals surface area (Å²) < 4.78 is 5.95. The first-order chi connectivity index (χ1) is 26.3. The van der Waals surface area contributed by atoms with Gasteiger partial charge in [0.1, 0.15) is 0 Å². The van der Waals surface area contributed by atoms with E-state index in [9.17, 15) is 0 Å². The summed E-state index contributed by atoms with van der Waals surface area (Å²) in [4.78, 5) is 16.6. The van der Waals surface area contributed by atoms with Crippen molar-refractivity contribution in [2.24, 2.45) is 0 Å². The van der Waals surface area contributed by atoms with Crippen molar-refractivity contribution in [3.05, 3.63) is 176 Å². The second-order valence-electron chi connectivity index (χ2n) is 13.3. The van der Waals surface area contributed by atoms with E-state index in [1.807, 2.05) is 18.2 Å². The minimum atomic E-state index is 0.621. The summed E-state index contributed by atoms with van der Waals surface area (Å²) in [5.41, 5.74) is 8.49. The Morgan fingerprint density at radius 3 is 1.32 bits per heavy atom. The van der Waals surface area contributed by atoms with Gasteiger partial charge in [0, 0.05) is 48.7 Å². The molecule has 0 radical (unpaired) electrons. The second kappa shape index (κ2) is 11.8. The van der Waals surface area contributed by atoms with E-state index < -0.39 is 0 Å². The molecule has 4 heterocycles. The summed E-state index contributed by atoms with van der Waals surface area (Å²) in [5.74, 6) is 1.93. The van der Waals surface area contributed by atoms with Crippen LogP contribution in [0.1, 0.15) is 0 Å². The molecule has 0 N–H and O–H groups in total. The normalized spacial score (nSPS) is 11.8. The van der Waals surface area contributed by atoms with Crippen molar-refractivity contribution in [1.82, 2.24) is 24.1 Å². The van der Waals surface area contributed by atoms with Gasteiger partial charge in [-0.05, 0) is 60.0 Å². The Morgan fingerprint density at radius 2 is 0.792 bits per heavy atom. The van der Waals surface area contributed by atoms with Gasteiger partial charge in [-0.3, -0.25) is 0 Å². The van der Waals surface area contributed by atoms with Gasteiger partial charge in [0.2, 0.25) is 0 Å². The fourth-order valence-corrected chi connectivity index (χ4v) is 8.80. The topological polar surface area (TPSA) is 48.5 Å². The van der Waals surface area contributed by atoms with Gasteiger partial charge < -0.3 is 9.13 Å². The van der Waals surface area contributed by atoms with Crippen LogP contribution in [0.2, 0.25) is 0 Å². The standard InChI is InChI=1S/C47H29N5S/c1-2-14-30(15-3-1)45-48-46(50-47(49-45)44-28-31-16-4-13-25-43(31)53-44)32-26-33(51-39-21-9-5-17-35(39)36-18-6-10-22-40(36)51)29-34(27-32)52-41-23-11-7-19-37(41)38-20-8-12-24-42(38)52/h1-29H. The van der Waals surface area contributed by atoms with Crippen molar-refractivity contribution in [3.63, 3.8) is 0 Å². The first-order valence-electron chi connectivity index (χ1n) is 17.7. The molecule has 11 aromatic rings. The number of hydrogen-bond acceptors (Lipinski definition) is 4. The van der Waals surface area contributed by atoms with Crippen LogP contribution < -0.4 is 0 Å². The molecule has 4 aromatic heterocycles. The van der Waals surface area contributed by atoms with Crippen molar-refractivity contribution in [3.8, 4) is 44.9 Å². The monoisotopic (exact) mass is 695 g/mol. The van der Waals surface area contributed by atoms with E-state index in [1.165, 1.54) is 31.6 Å². The fraction of sp³-hybridized carbons (Fsp3) is 0. The molecule has 7 aromatic carbocycles. The van der Waals surface area contributed by atoms with Crippen molar-refractivity contribution in [2.45, 2.75) is 0 Å². The van der Waals surface area contributed by atoms with Crippen LogP contribution in [0.15, 0.2) is 176 Å². The van der Waals surface area contributed by atoms with Crippen LogP contribution in [-0.2, 0) is 0 Å². The average molecular weight is 696 g/mol. The van der Waals surface area contributed by atoms with Crippen molar-refractivity contribution in [2.75, 3.05) is 0 Å². The maximum Gasteiger partial charge on any atom is 0.174 e. The van der Waals surface area contributed by atoms with E-state index in [4.69, 9.17) is 15.0 Å². The lowest BCUT2D eigenvalue weighted by Gasteiger charge is -2.16. The molecule has 0 atom stereocenters. The Morgan fingerprint density at radius 1 is 0.358 bits per heavy atom. The zero-order valence-corrected chi connectivity index (χ0v) is 29.2. The molecule has 6 heteroatoms. The highest BCUT2D eigenvalue weighted by atomic mass is 32.1. The fourth-order valence-electron chi connectivity index (χ4n) is 7.81. The average Bonchev–Trinajstić information content (AvgIpc) is 3.91. The molecule has 0 aliphatic carbocycles. The number of thiophene rings is 1. The van der Waals surface area contributed by atoms with Crippen molar-refractivity contribution >= 4 is 65.0 Å². The molecule has 0 unspecified atom stereocenters. The lowest BCUT2D eigenvalue weighted by Crippen LogP contribution is -2.03. The summed E-state index contributed by atoms with van der Waals surface area (Å²) in [7, 11) is 0. The first-order valence-corrected chi connectivity index (χ1v) is 18.5. The van der Waals surface area contributed by atoms with Gasteiger partial charge in [-0.25, -0.2) is 15.0 Å². The van der Waals surface area contributed by atoms with Crippen LogP contribution >= 0.6 is 11.3 Å². The second-order valence-corrected chi connectivity index (χ2v) is 14.4. The van der Waals surface area contributed by atoms with Crippen molar-refractivity contribution in [1.29, 1.82) is 0 Å². The van der Waals surface area contributed by atoms with Gasteiger partial charge >= 0.3 is 0 Å². The molecule has 0 amide bonds. The van der Waals surface area contributed by atoms with Crippen LogP contribution in [0.4, 0.5) is 0 Å². The predicted octanol–water partition coefficient (Wildman–Crippen LogP) is 12.3. The van der Waals surface area contributed by atoms with Gasteiger partial charge in [-0.1, -0.05) is 121 Å². The third kappa shape index (κ3) is 4.80. The predicted molar refractivity (Wildman–Crippen MR) is 220 cm³/mol. The van der Waals surface area contributed by atoms with Gasteiger partial charge in [0.25, 0.3) is 0 Å². The van der Waals surface area contributed by atoms with E-state index in [1.54, 1.807) is 11.3 Å². The van der Waals surface area contributed by atoms with Crippen LogP contribution in [-0.4, -0.2) is 24.1 Å². The van der Waals surface area contributed by atoms with Crippen LogP contribution in [0.25, 0.3) is 98.5 Å². The smallest absolute Gasteiger partial charge is 0.174 e. The molecule has 11 rings (SSSR count). The van der Waals surface area contributed by atoms with E-state index in [2.05, 4.69) is 167 Å². The van der Waals surface area contributed by atoms with E-state index in [0.717, 1.165) is 49.4 Å². The molecule has 0 bridgehead atoms. The number of para-hydroxylation sites is 4. The molecule has 0 saturated carbocycles. The van der Waals surface area contributed by atoms with E-state index >= 15 is 0 Å². The Labute approximate surface area is 308 Å². The summed E-state index contributed by atoms with van der Waals surface area (Å²) >= 11 is 1.71. The number of benzene rings is 7. The molecule has 0 aliphatic rings. The van der Waals surface area contributed by atoms with Gasteiger partial charge in [-0.2, -0.15) is 0 Å². The Hall–Kier alpha value is -6.89. The SMILES string of the molecule is c1ccc(-c2nc(-c3cc(-n4c5ccccc5c5ccccc54)cc(-n4c5ccccc5c5ccccc54)c3)nc(-c3cc4ccccc4s3)n2)cc1. The van der Waals surface area contributed by atoms with Gasteiger partial charge in [-0.15, -0.1) is 11.3 Å². The largest absolute Gasteiger partial charge is 0.309 e. The van der Waals surface area contributed by atoms with Crippen LogP contribution in [0.5, 0.6) is 0 Å². The lowest BCUT2D eigenvalue weighted by atomic mass is 10.1. The highest BCUT2D eigenvalue weighted by molar-refractivity contribution is 7.22. The zero-order chi connectivity index (χ0) is 34.9. The molecule has 0 aliphatic heterocycles. The summed E-state index contributed by atoms with van der Waals surface area (Å²) in [6, 6.07) is 62.2. The molecule has 0 fully saturated rings. The molecular formula is C47H29N5S. The molecule has 0 spiro atoms. The summed E-state index contributed by atoms with van der Waals surface area (Å²) in [6.07, 6.45) is 0. The molecule has 0 saturated heterocycles. The maximum atomic E-state index is 5.26. The Kier molecular flexibility index (Phi) is 6.66. The minimum Gasteiger partial charge on any atom is -0.309 e. The Balaban J connectivity index is 1.23. The third-order valence-electron chi connectivity index (χ3n) is 10.2. The van der Waals surface area contributed by atoms with Crippen molar-refractivity contribution < 1.29 is 0 Å². The number of fused-ring (bicyclic) bond motifs is 7. The first kappa shape index (κ1) is 29.8. The number of nitrogens with zero attached hydrogens (tertiary/aromatic N) is 5. The molecule has 53 heavy (non-hydrogen) atoms. The van der Waals surface area contributed by atoms with Crippen LogP contribution in [0.3, 0.4) is 0 Å². The zero-order valence-electron chi connectivity index (χ0n) is 28.4. The summed E-state index contributed by atoms with van der Waals surface area (Å²) in [5, 5.41) is 6.03. The molecule has 5 nitrogen and oxygen atoms in total. The molecular weight excluding hydrogens is 667 g/mol. The highest BCUT2D eigenvalue weighted by Gasteiger charge is 2.20. The Bertz CT molecular complexity index is 2920. The van der Waals surface area contributed by atoms with E-state index in [0.29, 0.717) is 17.5 Å². The van der Waals surface area contributed by atoms with Gasteiger partial charge in [0.15, 0.2) is 17.5 Å². The lowest BCUT2D eigenvalue weighted by molar-refractivity contribution is 1.07. The highest BCUT2D eigenvalue weighted by Crippen LogP contribution is 2.38. The number of rotatable bonds is 5. The summed E-state index contributed by atoms with van der Waals surface area (Å²) in [6.45, 7) is 0. The maximum absolute atomic E-state index is 5.26. The minimum absolute atomic E-state index is 0.621. The number of aromatic nitrogens is 5. The third-order valence-corrected chi connectivity index (χ3v) is 11.3. The quantitative estimate of drug-likeness (QED) is 0.180. The molecule has 248 valence electrons. The van der Waals surface area contributed by atoms with Crippen LogP contribution in [0, 0.1) is 0 Å². The van der Waals surface area contributed by atoms with Gasteiger partial charge in [0.05, 0.1) is 26.9 Å². The van der Waals surface area contributed by atoms with E-state index in [-0.39, 0.29) is 0 Å².